The van der Waals surface area contributed by atoms with Crippen molar-refractivity contribution in [2.75, 3.05) is 24.3 Å². The molecule has 0 aromatic heterocycles. The summed E-state index contributed by atoms with van der Waals surface area (Å²) in [5, 5.41) is 2.53. The maximum absolute atomic E-state index is 12.8. The molecule has 0 radical (unpaired) electrons. The summed E-state index contributed by atoms with van der Waals surface area (Å²) in [6, 6.07) is 12.4. The van der Waals surface area contributed by atoms with Gasteiger partial charge in [-0.3, -0.25) is 9.59 Å². The largest absolute Gasteiger partial charge is 0.462 e. The van der Waals surface area contributed by atoms with Crippen molar-refractivity contribution in [2.45, 2.75) is 12.7 Å². The molecule has 0 fully saturated rings. The van der Waals surface area contributed by atoms with Crippen LogP contribution >= 0.6 is 11.8 Å². The number of carbonyl (C=O) groups is 3. The molecule has 0 saturated heterocycles. The van der Waals surface area contributed by atoms with Crippen LogP contribution in [0.15, 0.2) is 48.5 Å². The highest BCUT2D eigenvalue weighted by Gasteiger charge is 2.15. The smallest absolute Gasteiger partial charge is 0.340 e. The van der Waals surface area contributed by atoms with Gasteiger partial charge < -0.3 is 14.8 Å². The minimum absolute atomic E-state index is 0.0596. The van der Waals surface area contributed by atoms with Gasteiger partial charge in [0.05, 0.1) is 23.6 Å². The summed E-state index contributed by atoms with van der Waals surface area (Å²) >= 11 is 1.30. The summed E-state index contributed by atoms with van der Waals surface area (Å²) < 4.78 is 22.7. The Morgan fingerprint density at radius 3 is 2.46 bits per heavy atom. The quantitative estimate of drug-likeness (QED) is 0.644. The topological polar surface area (TPSA) is 81.7 Å². The van der Waals surface area contributed by atoms with Crippen molar-refractivity contribution in [1.82, 2.24) is 0 Å². The fraction of sp³-hybridized carbons (Fsp3) is 0.250. The summed E-state index contributed by atoms with van der Waals surface area (Å²) in [6.45, 7) is 1.44. The fourth-order valence-corrected chi connectivity index (χ4v) is 2.97. The number of para-hydroxylation sites is 1. The first-order valence-corrected chi connectivity index (χ1v) is 9.69. The molecule has 28 heavy (non-hydrogen) atoms. The lowest BCUT2D eigenvalue weighted by molar-refractivity contribution is -0.144. The van der Waals surface area contributed by atoms with Crippen LogP contribution in [0, 0.1) is 5.82 Å². The number of carbonyl (C=O) groups excluding carboxylic acids is 3. The minimum atomic E-state index is -0.561. The number of rotatable bonds is 9. The second kappa shape index (κ2) is 11.1. The second-order valence-electron chi connectivity index (χ2n) is 5.59. The maximum atomic E-state index is 12.8. The molecule has 0 heterocycles. The van der Waals surface area contributed by atoms with Gasteiger partial charge in [-0.05, 0) is 36.8 Å². The molecule has 1 N–H and O–H groups in total. The van der Waals surface area contributed by atoms with Gasteiger partial charge in [-0.25, -0.2) is 9.18 Å². The number of benzene rings is 2. The van der Waals surface area contributed by atoms with E-state index in [1.54, 1.807) is 37.3 Å². The molecule has 148 valence electrons. The van der Waals surface area contributed by atoms with Gasteiger partial charge >= 0.3 is 11.9 Å². The molecular weight excluding hydrogens is 385 g/mol. The molecule has 2 rings (SSSR count). The van der Waals surface area contributed by atoms with Crippen molar-refractivity contribution in [3.63, 3.8) is 0 Å². The molecule has 0 aliphatic heterocycles. The number of hydrogen-bond donors (Lipinski definition) is 1. The number of esters is 2. The highest BCUT2D eigenvalue weighted by molar-refractivity contribution is 7.99. The summed E-state index contributed by atoms with van der Waals surface area (Å²) in [4.78, 5) is 35.6. The Bertz CT molecular complexity index is 826. The molecular formula is C20H20FNO5S. The first-order chi connectivity index (χ1) is 13.5. The van der Waals surface area contributed by atoms with Crippen molar-refractivity contribution in [3.8, 4) is 0 Å². The van der Waals surface area contributed by atoms with Gasteiger partial charge in [-0.2, -0.15) is 0 Å². The van der Waals surface area contributed by atoms with Crippen LogP contribution in [0.4, 0.5) is 10.1 Å². The highest BCUT2D eigenvalue weighted by Crippen LogP contribution is 2.16. The zero-order valence-electron chi connectivity index (χ0n) is 15.3. The maximum Gasteiger partial charge on any atom is 0.340 e. The zero-order valence-corrected chi connectivity index (χ0v) is 16.1. The first kappa shape index (κ1) is 21.4. The average Bonchev–Trinajstić information content (AvgIpc) is 2.68. The Morgan fingerprint density at radius 1 is 1.04 bits per heavy atom. The van der Waals surface area contributed by atoms with Crippen molar-refractivity contribution in [2.24, 2.45) is 0 Å². The lowest BCUT2D eigenvalue weighted by Gasteiger charge is -2.10. The van der Waals surface area contributed by atoms with E-state index in [9.17, 15) is 18.8 Å². The van der Waals surface area contributed by atoms with E-state index in [4.69, 9.17) is 9.47 Å². The third-order valence-corrected chi connectivity index (χ3v) is 4.44. The fourth-order valence-electron chi connectivity index (χ4n) is 2.19. The van der Waals surface area contributed by atoms with Crippen LogP contribution in [-0.4, -0.2) is 36.8 Å². The van der Waals surface area contributed by atoms with Crippen LogP contribution in [-0.2, 0) is 24.8 Å². The Balaban J connectivity index is 1.75. The number of halogens is 1. The van der Waals surface area contributed by atoms with Crippen molar-refractivity contribution < 1.29 is 28.2 Å². The number of hydrogen-bond acceptors (Lipinski definition) is 6. The van der Waals surface area contributed by atoms with Gasteiger partial charge in [-0.1, -0.05) is 24.3 Å². The van der Waals surface area contributed by atoms with E-state index in [1.165, 1.54) is 30.0 Å². The van der Waals surface area contributed by atoms with E-state index in [2.05, 4.69) is 5.32 Å². The first-order valence-electron chi connectivity index (χ1n) is 8.53. The molecule has 0 aliphatic rings. The highest BCUT2D eigenvalue weighted by atomic mass is 32.2. The molecule has 0 aliphatic carbocycles. The van der Waals surface area contributed by atoms with E-state index in [1.807, 2.05) is 0 Å². The minimum Gasteiger partial charge on any atom is -0.462 e. The Labute approximate surface area is 166 Å². The van der Waals surface area contributed by atoms with Gasteiger partial charge in [-0.15, -0.1) is 11.8 Å². The normalized spacial score (nSPS) is 10.2. The molecule has 0 bridgehead atoms. The SMILES string of the molecule is CCOC(=O)c1ccccc1NC(=O)COC(=O)CSCc1ccc(F)cc1. The van der Waals surface area contributed by atoms with Gasteiger partial charge in [0.1, 0.15) is 5.82 Å². The molecule has 6 nitrogen and oxygen atoms in total. The standard InChI is InChI=1S/C20H20FNO5S/c1-2-26-20(25)16-5-3-4-6-17(16)22-18(23)11-27-19(24)13-28-12-14-7-9-15(21)10-8-14/h3-10H,2,11-13H2,1H3,(H,22,23). The van der Waals surface area contributed by atoms with E-state index in [0.29, 0.717) is 5.75 Å². The van der Waals surface area contributed by atoms with Crippen LogP contribution in [0.5, 0.6) is 0 Å². The molecule has 2 aromatic rings. The summed E-state index contributed by atoms with van der Waals surface area (Å²) in [7, 11) is 0. The predicted molar refractivity (Wildman–Crippen MR) is 105 cm³/mol. The molecule has 8 heteroatoms. The Morgan fingerprint density at radius 2 is 1.75 bits per heavy atom. The number of amides is 1. The van der Waals surface area contributed by atoms with E-state index in [-0.39, 0.29) is 29.4 Å². The summed E-state index contributed by atoms with van der Waals surface area (Å²) in [5.74, 6) is -1.38. The van der Waals surface area contributed by atoms with Crippen LogP contribution in [0.25, 0.3) is 0 Å². The number of ether oxygens (including phenoxy) is 2. The number of anilines is 1. The molecule has 0 saturated carbocycles. The molecule has 0 atom stereocenters. The van der Waals surface area contributed by atoms with Crippen LogP contribution in [0.1, 0.15) is 22.8 Å². The van der Waals surface area contributed by atoms with E-state index in [0.717, 1.165) is 5.56 Å². The third kappa shape index (κ3) is 7.03. The van der Waals surface area contributed by atoms with Crippen molar-refractivity contribution in [1.29, 1.82) is 0 Å². The molecule has 0 unspecified atom stereocenters. The van der Waals surface area contributed by atoms with Gasteiger partial charge in [0.15, 0.2) is 6.61 Å². The summed E-state index contributed by atoms with van der Waals surface area (Å²) in [6.07, 6.45) is 0. The third-order valence-electron chi connectivity index (χ3n) is 3.46. The van der Waals surface area contributed by atoms with E-state index < -0.39 is 24.5 Å². The Kier molecular flexibility index (Phi) is 8.48. The average molecular weight is 405 g/mol. The van der Waals surface area contributed by atoms with E-state index >= 15 is 0 Å². The second-order valence-corrected chi connectivity index (χ2v) is 6.58. The van der Waals surface area contributed by atoms with Gasteiger partial charge in [0.25, 0.3) is 5.91 Å². The van der Waals surface area contributed by atoms with Gasteiger partial charge in [0.2, 0.25) is 0 Å². The van der Waals surface area contributed by atoms with Crippen LogP contribution in [0.3, 0.4) is 0 Å². The van der Waals surface area contributed by atoms with Crippen molar-refractivity contribution >= 4 is 35.3 Å². The summed E-state index contributed by atoms with van der Waals surface area (Å²) in [5.41, 5.74) is 1.39. The zero-order chi connectivity index (χ0) is 20.4. The molecule has 2 aromatic carbocycles. The molecule has 1 amide bonds. The lowest BCUT2D eigenvalue weighted by Crippen LogP contribution is -2.23. The van der Waals surface area contributed by atoms with Crippen molar-refractivity contribution in [3.05, 3.63) is 65.5 Å². The monoisotopic (exact) mass is 405 g/mol. The number of thioether (sulfide) groups is 1. The Hall–Kier alpha value is -2.87. The van der Waals surface area contributed by atoms with Gasteiger partial charge in [0, 0.05) is 5.75 Å². The number of nitrogens with one attached hydrogen (secondary N) is 1. The predicted octanol–water partition coefficient (Wildman–Crippen LogP) is 3.42. The lowest BCUT2D eigenvalue weighted by atomic mass is 10.2. The van der Waals surface area contributed by atoms with Crippen LogP contribution < -0.4 is 5.32 Å². The molecule has 0 spiro atoms. The van der Waals surface area contributed by atoms with Crippen LogP contribution in [0.2, 0.25) is 0 Å².